The summed E-state index contributed by atoms with van der Waals surface area (Å²) in [4.78, 5) is 4.26. The van der Waals surface area contributed by atoms with Gasteiger partial charge in [-0.15, -0.1) is 11.6 Å². The molecular formula is C13H12ClF4IN2. The number of benzene rings is 1. The summed E-state index contributed by atoms with van der Waals surface area (Å²) in [5, 5.41) is -0.575. The molecule has 0 saturated heterocycles. The second-order valence-electron chi connectivity index (χ2n) is 4.88. The minimum Gasteiger partial charge on any atom is -0.323 e. The van der Waals surface area contributed by atoms with Crippen molar-refractivity contribution in [2.24, 2.45) is 0 Å². The predicted molar refractivity (Wildman–Crippen MR) is 82.1 cm³/mol. The molecule has 0 amide bonds. The topological polar surface area (TPSA) is 17.8 Å². The Morgan fingerprint density at radius 3 is 2.48 bits per heavy atom. The maximum atomic E-state index is 13.7. The van der Waals surface area contributed by atoms with Gasteiger partial charge in [0.15, 0.2) is 0 Å². The van der Waals surface area contributed by atoms with Crippen molar-refractivity contribution in [3.8, 4) is 0 Å². The van der Waals surface area contributed by atoms with E-state index in [4.69, 9.17) is 11.6 Å². The summed E-state index contributed by atoms with van der Waals surface area (Å²) in [5.74, 6) is -0.179. The Morgan fingerprint density at radius 1 is 1.33 bits per heavy atom. The van der Waals surface area contributed by atoms with Crippen LogP contribution in [0.4, 0.5) is 17.6 Å². The average molecular weight is 435 g/mol. The molecule has 2 unspecified atom stereocenters. The lowest BCUT2D eigenvalue weighted by Crippen LogP contribution is -2.18. The van der Waals surface area contributed by atoms with Crippen molar-refractivity contribution in [2.45, 2.75) is 37.9 Å². The lowest BCUT2D eigenvalue weighted by molar-refractivity contribution is -0.141. The van der Waals surface area contributed by atoms with Gasteiger partial charge >= 0.3 is 6.18 Å². The fraction of sp³-hybridized carbons (Fsp3) is 0.462. The van der Waals surface area contributed by atoms with Crippen LogP contribution in [0.15, 0.2) is 12.1 Å². The maximum absolute atomic E-state index is 13.7. The fourth-order valence-electron chi connectivity index (χ4n) is 2.28. The first-order valence-corrected chi connectivity index (χ1v) is 7.69. The van der Waals surface area contributed by atoms with Gasteiger partial charge in [0.1, 0.15) is 11.6 Å². The summed E-state index contributed by atoms with van der Waals surface area (Å²) in [6.45, 7) is 3.05. The fourth-order valence-corrected chi connectivity index (χ4v) is 2.88. The lowest BCUT2D eigenvalue weighted by Gasteiger charge is -2.20. The van der Waals surface area contributed by atoms with Gasteiger partial charge in [-0.05, 0) is 42.5 Å². The Bertz CT molecular complexity index is 666. The minimum absolute atomic E-state index is 0.310. The van der Waals surface area contributed by atoms with Crippen molar-refractivity contribution >= 4 is 45.2 Å². The molecule has 0 saturated carbocycles. The van der Waals surface area contributed by atoms with Gasteiger partial charge in [0, 0.05) is 12.1 Å². The van der Waals surface area contributed by atoms with Crippen molar-refractivity contribution in [3.63, 3.8) is 0 Å². The summed E-state index contributed by atoms with van der Waals surface area (Å²) in [5.41, 5.74) is 0.768. The molecule has 0 bridgehead atoms. The van der Waals surface area contributed by atoms with E-state index >= 15 is 0 Å². The Morgan fingerprint density at radius 2 is 1.95 bits per heavy atom. The van der Waals surface area contributed by atoms with Gasteiger partial charge in [-0.2, -0.15) is 13.2 Å². The van der Waals surface area contributed by atoms with Crippen molar-refractivity contribution < 1.29 is 17.6 Å². The highest BCUT2D eigenvalue weighted by Gasteiger charge is 2.32. The Balaban J connectivity index is 2.63. The molecule has 1 aromatic carbocycles. The van der Waals surface area contributed by atoms with E-state index in [1.54, 1.807) is 6.92 Å². The molecular weight excluding hydrogens is 423 g/mol. The van der Waals surface area contributed by atoms with E-state index in [0.29, 0.717) is 20.4 Å². The van der Waals surface area contributed by atoms with E-state index in [1.807, 2.05) is 22.6 Å². The lowest BCUT2D eigenvalue weighted by atomic mass is 10.2. The molecule has 8 heteroatoms. The van der Waals surface area contributed by atoms with Crippen LogP contribution in [0, 0.1) is 9.39 Å². The number of hydrogen-bond acceptors (Lipinski definition) is 1. The minimum atomic E-state index is -4.31. The second kappa shape index (κ2) is 5.91. The maximum Gasteiger partial charge on any atom is 0.391 e. The normalized spacial score (nSPS) is 15.4. The molecule has 0 aliphatic heterocycles. The highest BCUT2D eigenvalue weighted by molar-refractivity contribution is 14.1. The molecule has 2 rings (SSSR count). The molecule has 21 heavy (non-hydrogen) atoms. The first-order chi connectivity index (χ1) is 9.60. The van der Waals surface area contributed by atoms with Crippen LogP contribution in [0.25, 0.3) is 11.0 Å². The molecule has 0 N–H and O–H groups in total. The van der Waals surface area contributed by atoms with Crippen LogP contribution < -0.4 is 0 Å². The summed E-state index contributed by atoms with van der Waals surface area (Å²) in [6.07, 6.45) is -5.34. The molecule has 0 aliphatic rings. The summed E-state index contributed by atoms with van der Waals surface area (Å²) in [7, 11) is 0. The number of alkyl halides is 4. The van der Waals surface area contributed by atoms with Gasteiger partial charge < -0.3 is 4.57 Å². The van der Waals surface area contributed by atoms with Crippen LogP contribution in [-0.2, 0) is 0 Å². The molecule has 1 aromatic heterocycles. The highest BCUT2D eigenvalue weighted by atomic mass is 127. The van der Waals surface area contributed by atoms with Crippen LogP contribution in [-0.4, -0.2) is 15.7 Å². The van der Waals surface area contributed by atoms with Gasteiger partial charge in [0.25, 0.3) is 0 Å². The Labute approximate surface area is 137 Å². The number of rotatable bonds is 3. The number of imidazole rings is 1. The molecule has 0 aliphatic carbocycles. The predicted octanol–water partition coefficient (Wildman–Crippen LogP) is 5.59. The van der Waals surface area contributed by atoms with Crippen molar-refractivity contribution in [1.29, 1.82) is 0 Å². The van der Waals surface area contributed by atoms with Gasteiger partial charge in [0.2, 0.25) is 0 Å². The van der Waals surface area contributed by atoms with Crippen LogP contribution in [0.5, 0.6) is 0 Å². The van der Waals surface area contributed by atoms with Gasteiger partial charge in [-0.25, -0.2) is 9.37 Å². The summed E-state index contributed by atoms with van der Waals surface area (Å²) < 4.78 is 53.4. The van der Waals surface area contributed by atoms with Gasteiger partial charge in [-0.3, -0.25) is 0 Å². The quantitative estimate of drug-likeness (QED) is 0.350. The van der Waals surface area contributed by atoms with E-state index < -0.39 is 29.8 Å². The largest absolute Gasteiger partial charge is 0.391 e. The number of hydrogen-bond donors (Lipinski definition) is 0. The zero-order valence-corrected chi connectivity index (χ0v) is 14.1. The van der Waals surface area contributed by atoms with Crippen LogP contribution in [0.1, 0.15) is 37.5 Å². The summed E-state index contributed by atoms with van der Waals surface area (Å²) in [6, 6.07) is 1.80. The molecule has 1 heterocycles. The SMILES string of the molecule is CC(Cl)c1nc2cc(I)c(F)cc2n1C(C)CC(F)(F)F. The van der Waals surface area contributed by atoms with E-state index in [-0.39, 0.29) is 0 Å². The first-order valence-electron chi connectivity index (χ1n) is 6.18. The van der Waals surface area contributed by atoms with Crippen molar-refractivity contribution in [2.75, 3.05) is 0 Å². The second-order valence-corrected chi connectivity index (χ2v) is 6.70. The number of aromatic nitrogens is 2. The molecule has 0 radical (unpaired) electrons. The zero-order chi connectivity index (χ0) is 15.9. The summed E-state index contributed by atoms with van der Waals surface area (Å²) >= 11 is 7.83. The third kappa shape index (κ3) is 3.61. The molecule has 0 spiro atoms. The molecule has 2 atom stereocenters. The van der Waals surface area contributed by atoms with E-state index in [0.717, 1.165) is 0 Å². The molecule has 2 nitrogen and oxygen atoms in total. The van der Waals surface area contributed by atoms with Crippen LogP contribution in [0.3, 0.4) is 0 Å². The smallest absolute Gasteiger partial charge is 0.323 e. The molecule has 116 valence electrons. The zero-order valence-electron chi connectivity index (χ0n) is 11.2. The number of nitrogens with zero attached hydrogens (tertiary/aromatic N) is 2. The highest BCUT2D eigenvalue weighted by Crippen LogP contribution is 2.34. The van der Waals surface area contributed by atoms with Gasteiger partial charge in [-0.1, -0.05) is 0 Å². The Hall–Kier alpha value is -0.570. The number of halogens is 6. The first kappa shape index (κ1) is 16.8. The van der Waals surface area contributed by atoms with Gasteiger partial charge in [0.05, 0.1) is 26.4 Å². The molecule has 0 fully saturated rings. The third-order valence-corrected chi connectivity index (χ3v) is 4.10. The molecule has 2 aromatic rings. The van der Waals surface area contributed by atoms with E-state index in [9.17, 15) is 17.6 Å². The number of fused-ring (bicyclic) bond motifs is 1. The van der Waals surface area contributed by atoms with Crippen molar-refractivity contribution in [1.82, 2.24) is 9.55 Å². The average Bonchev–Trinajstić information content (AvgIpc) is 2.66. The monoisotopic (exact) mass is 434 g/mol. The van der Waals surface area contributed by atoms with Crippen LogP contribution in [0.2, 0.25) is 0 Å². The van der Waals surface area contributed by atoms with Crippen LogP contribution >= 0.6 is 34.2 Å². The van der Waals surface area contributed by atoms with Crippen molar-refractivity contribution in [3.05, 3.63) is 27.3 Å². The van der Waals surface area contributed by atoms with E-state index in [1.165, 1.54) is 23.6 Å². The third-order valence-electron chi connectivity index (χ3n) is 3.08. The van der Waals surface area contributed by atoms with E-state index in [2.05, 4.69) is 4.98 Å². The standard InChI is InChI=1S/C13H12ClF4IN2/c1-6(5-13(16,17)18)21-11-3-8(15)9(19)4-10(11)20-12(21)7(2)14/h3-4,6-7H,5H2,1-2H3. The Kier molecular flexibility index (Phi) is 4.72.